The van der Waals surface area contributed by atoms with E-state index in [-0.39, 0.29) is 11.4 Å². The van der Waals surface area contributed by atoms with Crippen LogP contribution >= 0.6 is 0 Å². The summed E-state index contributed by atoms with van der Waals surface area (Å²) in [4.78, 5) is 13.4. The summed E-state index contributed by atoms with van der Waals surface area (Å²) < 4.78 is 40.6. The predicted molar refractivity (Wildman–Crippen MR) is 115 cm³/mol. The van der Waals surface area contributed by atoms with E-state index in [1.165, 1.54) is 0 Å². The summed E-state index contributed by atoms with van der Waals surface area (Å²) in [7, 11) is 0. The van der Waals surface area contributed by atoms with Crippen LogP contribution in [-0.4, -0.2) is 16.4 Å². The van der Waals surface area contributed by atoms with Crippen molar-refractivity contribution >= 4 is 22.8 Å². The zero-order valence-corrected chi connectivity index (χ0v) is 17.2. The number of alkyl halides is 3. The SMILES string of the molecule is C/C(=N\c1ccccc1C)c1cc(C(F)(F)F)cc(/C(C)=N/c2ccccc2C)n1. The summed E-state index contributed by atoms with van der Waals surface area (Å²) >= 11 is 0. The fourth-order valence-electron chi connectivity index (χ4n) is 2.92. The lowest BCUT2D eigenvalue weighted by atomic mass is 10.1. The molecular formula is C24H22F3N3. The zero-order valence-electron chi connectivity index (χ0n) is 17.2. The first-order valence-electron chi connectivity index (χ1n) is 9.47. The van der Waals surface area contributed by atoms with E-state index in [9.17, 15) is 13.2 Å². The van der Waals surface area contributed by atoms with Crippen LogP contribution in [0, 0.1) is 13.8 Å². The standard InChI is InChI=1S/C24H22F3N3/c1-15-9-5-7-11-20(15)28-17(3)22-13-19(24(25,26)27)14-23(30-22)18(4)29-21-12-8-6-10-16(21)2/h5-14H,1-4H3/b28-17+,29-18+. The highest BCUT2D eigenvalue weighted by atomic mass is 19.4. The Kier molecular flexibility index (Phi) is 6.15. The van der Waals surface area contributed by atoms with Gasteiger partial charge in [-0.1, -0.05) is 36.4 Å². The van der Waals surface area contributed by atoms with Crippen molar-refractivity contribution in [2.45, 2.75) is 33.9 Å². The molecule has 3 nitrogen and oxygen atoms in total. The Bertz CT molecular complexity index is 1050. The Morgan fingerprint density at radius 3 is 1.50 bits per heavy atom. The molecule has 0 N–H and O–H groups in total. The van der Waals surface area contributed by atoms with Crippen LogP contribution in [0.1, 0.15) is 41.9 Å². The Morgan fingerprint density at radius 2 is 1.13 bits per heavy atom. The van der Waals surface area contributed by atoms with Gasteiger partial charge >= 0.3 is 6.18 Å². The third-order valence-corrected chi connectivity index (χ3v) is 4.70. The molecule has 0 fully saturated rings. The Labute approximate surface area is 174 Å². The first kappa shape index (κ1) is 21.4. The molecule has 154 valence electrons. The fraction of sp³-hybridized carbons (Fsp3) is 0.208. The maximum atomic E-state index is 13.5. The van der Waals surface area contributed by atoms with E-state index >= 15 is 0 Å². The molecule has 0 bridgehead atoms. The summed E-state index contributed by atoms with van der Waals surface area (Å²) in [6.07, 6.45) is -4.50. The number of aryl methyl sites for hydroxylation is 2. The van der Waals surface area contributed by atoms with Crippen LogP contribution in [0.5, 0.6) is 0 Å². The molecule has 1 aromatic heterocycles. The van der Waals surface area contributed by atoms with E-state index < -0.39 is 11.7 Å². The molecule has 30 heavy (non-hydrogen) atoms. The monoisotopic (exact) mass is 409 g/mol. The highest BCUT2D eigenvalue weighted by Crippen LogP contribution is 2.31. The van der Waals surface area contributed by atoms with Crippen LogP contribution in [0.3, 0.4) is 0 Å². The van der Waals surface area contributed by atoms with Crippen molar-refractivity contribution in [2.24, 2.45) is 9.98 Å². The van der Waals surface area contributed by atoms with Gasteiger partial charge in [-0.3, -0.25) is 9.98 Å². The molecule has 0 aliphatic heterocycles. The van der Waals surface area contributed by atoms with E-state index in [1.54, 1.807) is 13.8 Å². The second-order valence-corrected chi connectivity index (χ2v) is 7.09. The number of nitrogens with zero attached hydrogens (tertiary/aromatic N) is 3. The van der Waals surface area contributed by atoms with Crippen molar-refractivity contribution in [3.05, 3.63) is 88.7 Å². The topological polar surface area (TPSA) is 37.6 Å². The van der Waals surface area contributed by atoms with Gasteiger partial charge in [-0.2, -0.15) is 13.2 Å². The van der Waals surface area contributed by atoms with E-state index in [2.05, 4.69) is 15.0 Å². The van der Waals surface area contributed by atoms with Gasteiger partial charge in [0, 0.05) is 0 Å². The number of benzene rings is 2. The van der Waals surface area contributed by atoms with Gasteiger partial charge in [0.1, 0.15) is 0 Å². The van der Waals surface area contributed by atoms with Crippen LogP contribution < -0.4 is 0 Å². The van der Waals surface area contributed by atoms with Gasteiger partial charge in [0.05, 0.1) is 39.7 Å². The van der Waals surface area contributed by atoms with Crippen LogP contribution in [0.25, 0.3) is 0 Å². The predicted octanol–water partition coefficient (Wildman–Crippen LogP) is 7.00. The van der Waals surface area contributed by atoms with E-state index in [0.717, 1.165) is 23.3 Å². The van der Waals surface area contributed by atoms with E-state index in [0.29, 0.717) is 22.8 Å². The van der Waals surface area contributed by atoms with Crippen LogP contribution in [0.15, 0.2) is 70.6 Å². The number of halogens is 3. The van der Waals surface area contributed by atoms with E-state index in [1.807, 2.05) is 62.4 Å². The molecule has 0 unspecified atom stereocenters. The van der Waals surface area contributed by atoms with Crippen molar-refractivity contribution in [1.29, 1.82) is 0 Å². The summed E-state index contributed by atoms with van der Waals surface area (Å²) in [5.41, 5.74) is 3.62. The Morgan fingerprint density at radius 1 is 0.733 bits per heavy atom. The van der Waals surface area contributed by atoms with Crippen molar-refractivity contribution in [3.8, 4) is 0 Å². The lowest BCUT2D eigenvalue weighted by molar-refractivity contribution is -0.137. The number of hydrogen-bond acceptors (Lipinski definition) is 3. The number of hydrogen-bond donors (Lipinski definition) is 0. The minimum Gasteiger partial charge on any atom is -0.251 e. The van der Waals surface area contributed by atoms with Gasteiger partial charge in [-0.05, 0) is 63.1 Å². The molecule has 0 radical (unpaired) electrons. The van der Waals surface area contributed by atoms with Crippen molar-refractivity contribution < 1.29 is 13.2 Å². The maximum absolute atomic E-state index is 13.5. The van der Waals surface area contributed by atoms with Crippen LogP contribution in [0.2, 0.25) is 0 Å². The maximum Gasteiger partial charge on any atom is 0.416 e. The van der Waals surface area contributed by atoms with Gasteiger partial charge in [0.25, 0.3) is 0 Å². The molecule has 3 rings (SSSR count). The fourth-order valence-corrected chi connectivity index (χ4v) is 2.92. The molecule has 0 saturated carbocycles. The molecular weight excluding hydrogens is 387 g/mol. The molecule has 3 aromatic rings. The summed E-state index contributed by atoms with van der Waals surface area (Å²) in [6.45, 7) is 7.12. The minimum atomic E-state index is -4.50. The summed E-state index contributed by atoms with van der Waals surface area (Å²) in [5, 5.41) is 0. The lowest BCUT2D eigenvalue weighted by Crippen LogP contribution is -2.12. The average molecular weight is 409 g/mol. The second-order valence-electron chi connectivity index (χ2n) is 7.09. The normalized spacial score (nSPS) is 12.9. The molecule has 0 aliphatic rings. The summed E-state index contributed by atoms with van der Waals surface area (Å²) in [6, 6.07) is 16.9. The van der Waals surface area contributed by atoms with Gasteiger partial charge in [-0.25, -0.2) is 4.98 Å². The van der Waals surface area contributed by atoms with Crippen LogP contribution in [0.4, 0.5) is 24.5 Å². The Hall–Kier alpha value is -3.28. The second kappa shape index (κ2) is 8.61. The van der Waals surface area contributed by atoms with Gasteiger partial charge in [0.2, 0.25) is 0 Å². The smallest absolute Gasteiger partial charge is 0.251 e. The first-order chi connectivity index (χ1) is 14.1. The lowest BCUT2D eigenvalue weighted by Gasteiger charge is -2.12. The molecule has 0 spiro atoms. The highest BCUT2D eigenvalue weighted by molar-refractivity contribution is 6.02. The van der Waals surface area contributed by atoms with Crippen molar-refractivity contribution in [1.82, 2.24) is 4.98 Å². The molecule has 0 amide bonds. The number of rotatable bonds is 4. The number of pyridine rings is 1. The van der Waals surface area contributed by atoms with Gasteiger partial charge in [-0.15, -0.1) is 0 Å². The summed E-state index contributed by atoms with van der Waals surface area (Å²) in [5.74, 6) is 0. The Balaban J connectivity index is 2.11. The van der Waals surface area contributed by atoms with Crippen LogP contribution in [-0.2, 0) is 6.18 Å². The first-order valence-corrected chi connectivity index (χ1v) is 9.47. The highest BCUT2D eigenvalue weighted by Gasteiger charge is 2.32. The molecule has 6 heteroatoms. The number of aromatic nitrogens is 1. The average Bonchev–Trinajstić information content (AvgIpc) is 2.70. The van der Waals surface area contributed by atoms with Crippen molar-refractivity contribution in [3.63, 3.8) is 0 Å². The quantitative estimate of drug-likeness (QED) is 0.428. The molecule has 0 atom stereocenters. The minimum absolute atomic E-state index is 0.169. The largest absolute Gasteiger partial charge is 0.416 e. The third-order valence-electron chi connectivity index (χ3n) is 4.70. The van der Waals surface area contributed by atoms with Gasteiger partial charge in [0.15, 0.2) is 0 Å². The molecule has 0 aliphatic carbocycles. The molecule has 1 heterocycles. The molecule has 2 aromatic carbocycles. The van der Waals surface area contributed by atoms with Gasteiger partial charge < -0.3 is 0 Å². The number of para-hydroxylation sites is 2. The third kappa shape index (κ3) is 5.00. The number of aliphatic imine (C=N–C) groups is 2. The van der Waals surface area contributed by atoms with Crippen molar-refractivity contribution in [2.75, 3.05) is 0 Å². The van der Waals surface area contributed by atoms with E-state index in [4.69, 9.17) is 0 Å². The zero-order chi connectivity index (χ0) is 21.9. The molecule has 0 saturated heterocycles.